The van der Waals surface area contributed by atoms with E-state index >= 15 is 0 Å². The number of nitrogens with zero attached hydrogens (tertiary/aromatic N) is 3. The monoisotopic (exact) mass is 315 g/mol. The van der Waals surface area contributed by atoms with Gasteiger partial charge in [-0.3, -0.25) is 5.10 Å². The molecule has 0 saturated carbocycles. The lowest BCUT2D eigenvalue weighted by atomic mass is 10.0. The summed E-state index contributed by atoms with van der Waals surface area (Å²) in [4.78, 5) is 0. The van der Waals surface area contributed by atoms with Crippen molar-refractivity contribution in [2.24, 2.45) is 0 Å². The Kier molecular flexibility index (Phi) is 3.67. The van der Waals surface area contributed by atoms with Crippen LogP contribution in [0.3, 0.4) is 0 Å². The first kappa shape index (κ1) is 14.4. The molecule has 5 nitrogen and oxygen atoms in total. The first-order valence-electron chi connectivity index (χ1n) is 7.96. The number of aromatic amines is 1. The van der Waals surface area contributed by atoms with Gasteiger partial charge in [0.05, 0.1) is 11.6 Å². The zero-order valence-corrected chi connectivity index (χ0v) is 13.3. The molecule has 0 aliphatic carbocycles. The van der Waals surface area contributed by atoms with Crippen LogP contribution in [0, 0.1) is 0 Å². The molecule has 2 N–H and O–H groups in total. The van der Waals surface area contributed by atoms with Crippen molar-refractivity contribution in [3.8, 4) is 11.1 Å². The first-order chi connectivity index (χ1) is 11.8. The summed E-state index contributed by atoms with van der Waals surface area (Å²) < 4.78 is 0. The average molecular weight is 315 g/mol. The SMILES string of the molecule is CCc1ccc(-c2ccccc2Nc2n[nH]c3nnccc23)cc1. The number of fused-ring (bicyclic) bond motifs is 1. The van der Waals surface area contributed by atoms with E-state index in [1.807, 2.05) is 18.2 Å². The van der Waals surface area contributed by atoms with E-state index in [-0.39, 0.29) is 0 Å². The van der Waals surface area contributed by atoms with Gasteiger partial charge in [-0.15, -0.1) is 5.10 Å². The number of benzene rings is 2. The molecule has 2 aromatic carbocycles. The highest BCUT2D eigenvalue weighted by Gasteiger charge is 2.10. The van der Waals surface area contributed by atoms with Crippen LogP contribution in [0.2, 0.25) is 0 Å². The Labute approximate surface area is 139 Å². The van der Waals surface area contributed by atoms with Crippen molar-refractivity contribution < 1.29 is 0 Å². The average Bonchev–Trinajstić information content (AvgIpc) is 3.05. The molecule has 2 aromatic heterocycles. The van der Waals surface area contributed by atoms with Crippen LogP contribution in [-0.4, -0.2) is 20.4 Å². The van der Waals surface area contributed by atoms with Gasteiger partial charge in [-0.25, -0.2) is 0 Å². The number of anilines is 2. The molecule has 24 heavy (non-hydrogen) atoms. The molecule has 0 saturated heterocycles. The lowest BCUT2D eigenvalue weighted by Crippen LogP contribution is -1.94. The fourth-order valence-corrected chi connectivity index (χ4v) is 2.76. The van der Waals surface area contributed by atoms with Crippen molar-refractivity contribution in [1.29, 1.82) is 0 Å². The van der Waals surface area contributed by atoms with Crippen LogP contribution >= 0.6 is 0 Å². The molecule has 0 aliphatic rings. The fraction of sp³-hybridized carbons (Fsp3) is 0.105. The summed E-state index contributed by atoms with van der Waals surface area (Å²) in [5.74, 6) is 0.748. The maximum atomic E-state index is 4.31. The Morgan fingerprint density at radius 3 is 2.67 bits per heavy atom. The van der Waals surface area contributed by atoms with Crippen LogP contribution in [0.15, 0.2) is 60.8 Å². The van der Waals surface area contributed by atoms with Crippen LogP contribution in [0.1, 0.15) is 12.5 Å². The van der Waals surface area contributed by atoms with Crippen molar-refractivity contribution in [2.45, 2.75) is 13.3 Å². The van der Waals surface area contributed by atoms with Gasteiger partial charge in [0, 0.05) is 11.3 Å². The third-order valence-corrected chi connectivity index (χ3v) is 4.10. The molecular formula is C19H17N5. The topological polar surface area (TPSA) is 66.5 Å². The highest BCUT2D eigenvalue weighted by atomic mass is 15.2. The molecule has 0 amide bonds. The second-order valence-corrected chi connectivity index (χ2v) is 5.59. The van der Waals surface area contributed by atoms with Gasteiger partial charge < -0.3 is 5.32 Å². The zero-order chi connectivity index (χ0) is 16.4. The zero-order valence-electron chi connectivity index (χ0n) is 13.3. The van der Waals surface area contributed by atoms with Gasteiger partial charge in [0.2, 0.25) is 0 Å². The van der Waals surface area contributed by atoms with E-state index in [1.165, 1.54) is 11.1 Å². The van der Waals surface area contributed by atoms with E-state index in [4.69, 9.17) is 0 Å². The Morgan fingerprint density at radius 1 is 1.00 bits per heavy atom. The van der Waals surface area contributed by atoms with Crippen molar-refractivity contribution in [3.63, 3.8) is 0 Å². The molecular weight excluding hydrogens is 298 g/mol. The predicted molar refractivity (Wildman–Crippen MR) is 96.2 cm³/mol. The fourth-order valence-electron chi connectivity index (χ4n) is 2.76. The molecule has 0 radical (unpaired) electrons. The van der Waals surface area contributed by atoms with Crippen molar-refractivity contribution >= 4 is 22.5 Å². The Morgan fingerprint density at radius 2 is 1.83 bits per heavy atom. The molecule has 118 valence electrons. The second-order valence-electron chi connectivity index (χ2n) is 5.59. The predicted octanol–water partition coefficient (Wildman–Crippen LogP) is 4.33. The van der Waals surface area contributed by atoms with Gasteiger partial charge in [0.15, 0.2) is 11.5 Å². The van der Waals surface area contributed by atoms with Crippen molar-refractivity contribution in [3.05, 3.63) is 66.4 Å². The minimum Gasteiger partial charge on any atom is -0.338 e. The summed E-state index contributed by atoms with van der Waals surface area (Å²) >= 11 is 0. The van der Waals surface area contributed by atoms with E-state index in [9.17, 15) is 0 Å². The minimum atomic E-state index is 0.671. The van der Waals surface area contributed by atoms with Crippen LogP contribution in [0.4, 0.5) is 11.5 Å². The molecule has 0 spiro atoms. The quantitative estimate of drug-likeness (QED) is 0.588. The van der Waals surface area contributed by atoms with E-state index in [2.05, 4.69) is 69.0 Å². The normalized spacial score (nSPS) is 10.9. The largest absolute Gasteiger partial charge is 0.338 e. The molecule has 4 aromatic rings. The number of hydrogen-bond donors (Lipinski definition) is 2. The Balaban J connectivity index is 1.73. The number of para-hydroxylation sites is 1. The lowest BCUT2D eigenvalue weighted by Gasteiger charge is -2.11. The van der Waals surface area contributed by atoms with E-state index in [1.54, 1.807) is 6.20 Å². The summed E-state index contributed by atoms with van der Waals surface area (Å²) in [6.45, 7) is 2.16. The summed E-state index contributed by atoms with van der Waals surface area (Å²) in [5.41, 5.74) is 5.33. The third-order valence-electron chi connectivity index (χ3n) is 4.10. The van der Waals surface area contributed by atoms with Gasteiger partial charge in [0.25, 0.3) is 0 Å². The van der Waals surface area contributed by atoms with Gasteiger partial charge in [0.1, 0.15) is 0 Å². The number of hydrogen-bond acceptors (Lipinski definition) is 4. The van der Waals surface area contributed by atoms with Crippen LogP contribution in [-0.2, 0) is 6.42 Å². The van der Waals surface area contributed by atoms with Crippen LogP contribution < -0.4 is 5.32 Å². The molecule has 4 rings (SSSR count). The molecule has 2 heterocycles. The van der Waals surface area contributed by atoms with E-state index < -0.39 is 0 Å². The van der Waals surface area contributed by atoms with E-state index in [0.717, 1.165) is 28.9 Å². The summed E-state index contributed by atoms with van der Waals surface area (Å²) in [6.07, 6.45) is 2.71. The number of H-pyrrole nitrogens is 1. The number of aromatic nitrogens is 4. The molecule has 0 fully saturated rings. The molecule has 5 heteroatoms. The summed E-state index contributed by atoms with van der Waals surface area (Å²) in [7, 11) is 0. The third kappa shape index (κ3) is 2.60. The van der Waals surface area contributed by atoms with Crippen LogP contribution in [0.5, 0.6) is 0 Å². The molecule has 0 unspecified atom stereocenters. The molecule has 0 aliphatic heterocycles. The highest BCUT2D eigenvalue weighted by molar-refractivity contribution is 5.91. The summed E-state index contributed by atoms with van der Waals surface area (Å²) in [5, 5.41) is 19.4. The van der Waals surface area contributed by atoms with Gasteiger partial charge in [-0.1, -0.05) is 49.4 Å². The number of nitrogens with one attached hydrogen (secondary N) is 2. The maximum Gasteiger partial charge on any atom is 0.180 e. The highest BCUT2D eigenvalue weighted by Crippen LogP contribution is 2.31. The Bertz CT molecular complexity index is 972. The molecule has 0 atom stereocenters. The first-order valence-corrected chi connectivity index (χ1v) is 7.96. The second kappa shape index (κ2) is 6.12. The minimum absolute atomic E-state index is 0.671. The van der Waals surface area contributed by atoms with Crippen molar-refractivity contribution in [2.75, 3.05) is 5.32 Å². The van der Waals surface area contributed by atoms with E-state index in [0.29, 0.717) is 5.65 Å². The van der Waals surface area contributed by atoms with Gasteiger partial charge in [-0.2, -0.15) is 10.2 Å². The maximum absolute atomic E-state index is 4.31. The standard InChI is InChI=1S/C19H17N5/c1-2-13-7-9-14(10-8-13)15-5-3-4-6-17(15)21-18-16-11-12-20-22-19(16)24-23-18/h3-12H,2H2,1H3,(H2,21,22,23,24). The summed E-state index contributed by atoms with van der Waals surface area (Å²) in [6, 6.07) is 18.8. The van der Waals surface area contributed by atoms with Gasteiger partial charge >= 0.3 is 0 Å². The number of aryl methyl sites for hydroxylation is 1. The number of rotatable bonds is 4. The van der Waals surface area contributed by atoms with Crippen molar-refractivity contribution in [1.82, 2.24) is 20.4 Å². The Hall–Kier alpha value is -3.21. The van der Waals surface area contributed by atoms with Crippen LogP contribution in [0.25, 0.3) is 22.2 Å². The molecule has 0 bridgehead atoms. The van der Waals surface area contributed by atoms with Gasteiger partial charge in [-0.05, 0) is 29.7 Å². The smallest absolute Gasteiger partial charge is 0.180 e. The lowest BCUT2D eigenvalue weighted by molar-refractivity contribution is 1.02.